The minimum Gasteiger partial charge on any atom is -0.445 e. The Bertz CT molecular complexity index is 1250. The van der Waals surface area contributed by atoms with Crippen LogP contribution >= 0.6 is 0 Å². The maximum atomic E-state index is 13.3. The Morgan fingerprint density at radius 3 is 2.12 bits per heavy atom. The molecule has 1 aliphatic carbocycles. The molecule has 4 rings (SSSR count). The van der Waals surface area contributed by atoms with E-state index in [1.54, 1.807) is 16.0 Å². The zero-order chi connectivity index (χ0) is 29.2. The Labute approximate surface area is 243 Å². The van der Waals surface area contributed by atoms with E-state index in [0.717, 1.165) is 48.1 Å². The molecule has 2 aromatic carbocycles. The number of carbonyl (C=O) groups is 2. The lowest BCUT2D eigenvalue weighted by atomic mass is 9.89. The van der Waals surface area contributed by atoms with Crippen molar-refractivity contribution in [3.8, 4) is 0 Å². The molecule has 8 heteroatoms. The molecule has 0 unspecified atom stereocenters. The topological polar surface area (TPSA) is 98.0 Å². The summed E-state index contributed by atoms with van der Waals surface area (Å²) < 4.78 is 11.4. The highest BCUT2D eigenvalue weighted by Crippen LogP contribution is 2.25. The van der Waals surface area contributed by atoms with Gasteiger partial charge >= 0.3 is 12.2 Å². The zero-order valence-corrected chi connectivity index (χ0v) is 24.4. The molecule has 0 radical (unpaired) electrons. The second-order valence-corrected chi connectivity index (χ2v) is 11.7. The fourth-order valence-electron chi connectivity index (χ4n) is 5.01. The zero-order valence-electron chi connectivity index (χ0n) is 24.4. The Kier molecular flexibility index (Phi) is 10.4. The van der Waals surface area contributed by atoms with Gasteiger partial charge in [-0.1, -0.05) is 73.5 Å². The molecule has 1 aliphatic rings. The van der Waals surface area contributed by atoms with Crippen molar-refractivity contribution in [1.29, 1.82) is 0 Å². The van der Waals surface area contributed by atoms with Crippen molar-refractivity contribution in [2.75, 3.05) is 0 Å². The van der Waals surface area contributed by atoms with Gasteiger partial charge in [0.25, 0.3) is 0 Å². The molecule has 0 bridgehead atoms. The summed E-state index contributed by atoms with van der Waals surface area (Å²) in [4.78, 5) is 34.2. The molecule has 0 aliphatic heterocycles. The fourth-order valence-corrected chi connectivity index (χ4v) is 5.01. The number of hydrogen-bond donors (Lipinski definition) is 1. The summed E-state index contributed by atoms with van der Waals surface area (Å²) in [5, 5.41) is 0. The summed E-state index contributed by atoms with van der Waals surface area (Å²) in [6.45, 7) is 6.87. The van der Waals surface area contributed by atoms with Gasteiger partial charge in [0, 0.05) is 25.3 Å². The van der Waals surface area contributed by atoms with E-state index in [1.807, 2.05) is 93.6 Å². The Morgan fingerprint density at radius 1 is 0.829 bits per heavy atom. The van der Waals surface area contributed by atoms with Crippen molar-refractivity contribution in [3.05, 3.63) is 101 Å². The lowest BCUT2D eigenvalue weighted by molar-refractivity contribution is 0.0214. The molecule has 1 heterocycles. The van der Waals surface area contributed by atoms with Crippen LogP contribution in [0, 0.1) is 0 Å². The second kappa shape index (κ2) is 14.1. The number of aromatic nitrogens is 1. The van der Waals surface area contributed by atoms with E-state index in [2.05, 4.69) is 4.98 Å². The van der Waals surface area contributed by atoms with E-state index in [4.69, 9.17) is 15.2 Å². The number of nitrogens with zero attached hydrogens (tertiary/aromatic N) is 3. The Balaban J connectivity index is 1.46. The molecule has 8 nitrogen and oxygen atoms in total. The van der Waals surface area contributed by atoms with E-state index < -0.39 is 11.7 Å². The first kappa shape index (κ1) is 30.1. The third-order valence-electron chi connectivity index (χ3n) is 7.10. The number of amides is 2. The van der Waals surface area contributed by atoms with Crippen LogP contribution in [0.1, 0.15) is 68.8 Å². The second-order valence-electron chi connectivity index (χ2n) is 11.7. The number of ether oxygens (including phenoxy) is 2. The van der Waals surface area contributed by atoms with Crippen molar-refractivity contribution in [1.82, 2.24) is 14.8 Å². The summed E-state index contributed by atoms with van der Waals surface area (Å²) in [6.07, 6.45) is 4.83. The van der Waals surface area contributed by atoms with Gasteiger partial charge in [0.05, 0.1) is 18.3 Å². The molecule has 2 N–H and O–H groups in total. The van der Waals surface area contributed by atoms with Crippen LogP contribution in [0.3, 0.4) is 0 Å². The van der Waals surface area contributed by atoms with E-state index in [9.17, 15) is 9.59 Å². The van der Waals surface area contributed by atoms with Gasteiger partial charge in [0.2, 0.25) is 0 Å². The minimum atomic E-state index is -0.609. The summed E-state index contributed by atoms with van der Waals surface area (Å²) >= 11 is 0. The van der Waals surface area contributed by atoms with E-state index >= 15 is 0 Å². The third-order valence-corrected chi connectivity index (χ3v) is 7.10. The van der Waals surface area contributed by atoms with Gasteiger partial charge in [0.1, 0.15) is 12.2 Å². The van der Waals surface area contributed by atoms with Crippen molar-refractivity contribution < 1.29 is 19.1 Å². The van der Waals surface area contributed by atoms with Gasteiger partial charge in [-0.3, -0.25) is 14.8 Å². The SMILES string of the molecule is CC(C)(C)OC(=O)N(Cc1ccc(CN(C(=O)OCc2ccccc2)[C@@H]2CCCC[C@@H]2N)cc1)Cc1ccccn1. The van der Waals surface area contributed by atoms with Crippen LogP contribution in [0.15, 0.2) is 79.0 Å². The van der Waals surface area contributed by atoms with Gasteiger partial charge in [-0.2, -0.15) is 0 Å². The molecule has 218 valence electrons. The first-order valence-electron chi connectivity index (χ1n) is 14.4. The number of hydrogen-bond acceptors (Lipinski definition) is 6. The maximum Gasteiger partial charge on any atom is 0.410 e. The van der Waals surface area contributed by atoms with Gasteiger partial charge in [-0.15, -0.1) is 0 Å². The number of nitrogens with two attached hydrogens (primary N) is 1. The molecule has 2 amide bonds. The molecule has 0 spiro atoms. The molecule has 41 heavy (non-hydrogen) atoms. The number of rotatable bonds is 9. The average Bonchev–Trinajstić information content (AvgIpc) is 2.96. The summed E-state index contributed by atoms with van der Waals surface area (Å²) in [5.41, 5.74) is 9.52. The smallest absolute Gasteiger partial charge is 0.410 e. The van der Waals surface area contributed by atoms with Crippen LogP contribution in [0.2, 0.25) is 0 Å². The first-order chi connectivity index (χ1) is 19.7. The molecular formula is C33H42N4O4. The maximum absolute atomic E-state index is 13.3. The number of pyridine rings is 1. The predicted molar refractivity (Wildman–Crippen MR) is 159 cm³/mol. The molecule has 1 saturated carbocycles. The van der Waals surface area contributed by atoms with Crippen LogP contribution in [0.25, 0.3) is 0 Å². The summed E-state index contributed by atoms with van der Waals surface area (Å²) in [6, 6.07) is 23.1. The monoisotopic (exact) mass is 558 g/mol. The predicted octanol–water partition coefficient (Wildman–Crippen LogP) is 6.43. The molecule has 1 aromatic heterocycles. The van der Waals surface area contributed by atoms with Crippen LogP contribution in [0.4, 0.5) is 9.59 Å². The van der Waals surface area contributed by atoms with Crippen molar-refractivity contribution in [2.24, 2.45) is 5.73 Å². The summed E-state index contributed by atoms with van der Waals surface area (Å²) in [5.74, 6) is 0. The van der Waals surface area contributed by atoms with Crippen molar-refractivity contribution >= 4 is 12.2 Å². The summed E-state index contributed by atoms with van der Waals surface area (Å²) in [7, 11) is 0. The van der Waals surface area contributed by atoms with E-state index in [0.29, 0.717) is 19.6 Å². The van der Waals surface area contributed by atoms with Crippen LogP contribution < -0.4 is 5.73 Å². The van der Waals surface area contributed by atoms with Gasteiger partial charge < -0.3 is 15.2 Å². The van der Waals surface area contributed by atoms with Crippen molar-refractivity contribution in [2.45, 2.75) is 90.4 Å². The van der Waals surface area contributed by atoms with Crippen LogP contribution in [-0.4, -0.2) is 44.7 Å². The molecule has 1 fully saturated rings. The van der Waals surface area contributed by atoms with E-state index in [-0.39, 0.29) is 24.8 Å². The van der Waals surface area contributed by atoms with Gasteiger partial charge in [0.15, 0.2) is 0 Å². The first-order valence-corrected chi connectivity index (χ1v) is 14.4. The fraction of sp³-hybridized carbons (Fsp3) is 0.424. The van der Waals surface area contributed by atoms with Crippen LogP contribution in [-0.2, 0) is 35.7 Å². The third kappa shape index (κ3) is 9.32. The average molecular weight is 559 g/mol. The molecule has 3 aromatic rings. The molecule has 0 saturated heterocycles. The van der Waals surface area contributed by atoms with Crippen LogP contribution in [0.5, 0.6) is 0 Å². The number of benzene rings is 2. The molecular weight excluding hydrogens is 516 g/mol. The highest BCUT2D eigenvalue weighted by molar-refractivity contribution is 5.69. The van der Waals surface area contributed by atoms with E-state index in [1.165, 1.54) is 0 Å². The lowest BCUT2D eigenvalue weighted by Gasteiger charge is -2.37. The van der Waals surface area contributed by atoms with Gasteiger partial charge in [-0.25, -0.2) is 9.59 Å². The van der Waals surface area contributed by atoms with Gasteiger partial charge in [-0.05, 0) is 62.4 Å². The normalized spacial score (nSPS) is 17.0. The van der Waals surface area contributed by atoms with Crippen molar-refractivity contribution in [3.63, 3.8) is 0 Å². The minimum absolute atomic E-state index is 0.0762. The standard InChI is InChI=1S/C33H42N4O4/c1-33(2,3)41-31(38)36(23-28-13-9-10-20-35-28)21-25-16-18-26(19-17-25)22-37(30-15-8-7-14-29(30)34)32(39)40-24-27-11-5-4-6-12-27/h4-6,9-13,16-20,29-30H,7-8,14-15,21-24,34H2,1-3H3/t29-,30+/m0/s1. The number of carbonyl (C=O) groups excluding carboxylic acids is 2. The highest BCUT2D eigenvalue weighted by Gasteiger charge is 2.32. The lowest BCUT2D eigenvalue weighted by Crippen LogP contribution is -2.51. The largest absolute Gasteiger partial charge is 0.445 e. The molecule has 2 atom stereocenters. The Morgan fingerprint density at radius 2 is 1.49 bits per heavy atom. The Hall–Kier alpha value is -3.91. The highest BCUT2D eigenvalue weighted by atomic mass is 16.6. The quantitative estimate of drug-likeness (QED) is 0.325.